The minimum atomic E-state index is -0.516. The lowest BCUT2D eigenvalue weighted by atomic mass is 10.1. The van der Waals surface area contributed by atoms with Gasteiger partial charge in [-0.05, 0) is 48.0 Å². The summed E-state index contributed by atoms with van der Waals surface area (Å²) in [5.74, 6) is -0.248. The minimum Gasteiger partial charge on any atom is -0.455 e. The average Bonchev–Trinajstić information content (AvgIpc) is 2.54. The highest BCUT2D eigenvalue weighted by atomic mass is 79.9. The number of halogens is 3. The Morgan fingerprint density at radius 2 is 2.04 bits per heavy atom. The first-order chi connectivity index (χ1) is 11.0. The van der Waals surface area contributed by atoms with Crippen LogP contribution in [0.15, 0.2) is 34.9 Å². The molecular weight excluding hydrogens is 387 g/mol. The zero-order chi connectivity index (χ0) is 17.0. The first kappa shape index (κ1) is 17.7. The van der Waals surface area contributed by atoms with Crippen molar-refractivity contribution >= 4 is 33.4 Å². The summed E-state index contributed by atoms with van der Waals surface area (Å²) in [5.41, 5.74) is 0.275. The van der Waals surface area contributed by atoms with Crippen molar-refractivity contribution in [3.63, 3.8) is 0 Å². The van der Waals surface area contributed by atoms with E-state index in [0.717, 1.165) is 0 Å². The van der Waals surface area contributed by atoms with Crippen molar-refractivity contribution in [2.45, 2.75) is 13.8 Å². The third-order valence-corrected chi connectivity index (χ3v) is 4.06. The Bertz CT molecular complexity index is 706. The van der Waals surface area contributed by atoms with Crippen LogP contribution >= 0.6 is 27.5 Å². The summed E-state index contributed by atoms with van der Waals surface area (Å²) < 4.78 is 19.7. The molecule has 1 aromatic carbocycles. The standard InChI is InChI=1S/C16H15BrClFN2O2/c1-3-21(4-2)16(22)11-7-12(17)13(19)8-14(11)23-10-5-6-15(18)20-9-10/h5-9H,3-4H2,1-2H3. The van der Waals surface area contributed by atoms with E-state index in [1.54, 1.807) is 17.0 Å². The molecule has 0 aliphatic rings. The topological polar surface area (TPSA) is 42.4 Å². The zero-order valence-corrected chi connectivity index (χ0v) is 15.0. The Labute approximate surface area is 147 Å². The smallest absolute Gasteiger partial charge is 0.257 e. The molecular formula is C16H15BrClFN2O2. The van der Waals surface area contributed by atoms with Gasteiger partial charge in [0.2, 0.25) is 0 Å². The lowest BCUT2D eigenvalue weighted by molar-refractivity contribution is 0.0770. The van der Waals surface area contributed by atoms with Gasteiger partial charge in [0.25, 0.3) is 5.91 Å². The van der Waals surface area contributed by atoms with Crippen molar-refractivity contribution in [1.82, 2.24) is 9.88 Å². The second kappa shape index (κ2) is 7.75. The van der Waals surface area contributed by atoms with Gasteiger partial charge in [0, 0.05) is 19.2 Å². The number of nitrogens with zero attached hydrogens (tertiary/aromatic N) is 2. The van der Waals surface area contributed by atoms with Crippen molar-refractivity contribution in [3.8, 4) is 11.5 Å². The van der Waals surface area contributed by atoms with Crippen molar-refractivity contribution < 1.29 is 13.9 Å². The number of benzene rings is 1. The van der Waals surface area contributed by atoms with Crippen LogP contribution in [0.5, 0.6) is 11.5 Å². The molecule has 0 spiro atoms. The molecule has 23 heavy (non-hydrogen) atoms. The van der Waals surface area contributed by atoms with Crippen LogP contribution in [-0.2, 0) is 0 Å². The Morgan fingerprint density at radius 3 is 2.61 bits per heavy atom. The number of amides is 1. The highest BCUT2D eigenvalue weighted by Gasteiger charge is 2.20. The average molecular weight is 402 g/mol. The van der Waals surface area contributed by atoms with E-state index in [0.29, 0.717) is 24.0 Å². The normalized spacial score (nSPS) is 10.5. The fraction of sp³-hybridized carbons (Fsp3) is 0.250. The monoisotopic (exact) mass is 400 g/mol. The number of pyridine rings is 1. The van der Waals surface area contributed by atoms with Gasteiger partial charge in [0.1, 0.15) is 22.5 Å². The van der Waals surface area contributed by atoms with Gasteiger partial charge in [-0.15, -0.1) is 0 Å². The van der Waals surface area contributed by atoms with Gasteiger partial charge in [0.15, 0.2) is 0 Å². The molecule has 2 aromatic rings. The number of hydrogen-bond acceptors (Lipinski definition) is 3. The Kier molecular flexibility index (Phi) is 5.96. The van der Waals surface area contributed by atoms with Crippen LogP contribution in [0.4, 0.5) is 4.39 Å². The molecule has 0 saturated heterocycles. The predicted octanol–water partition coefficient (Wildman–Crippen LogP) is 4.91. The van der Waals surface area contributed by atoms with Crippen LogP contribution in [0.25, 0.3) is 0 Å². The highest BCUT2D eigenvalue weighted by molar-refractivity contribution is 9.10. The Hall–Kier alpha value is -1.66. The molecule has 0 unspecified atom stereocenters. The summed E-state index contributed by atoms with van der Waals surface area (Å²) in [4.78, 5) is 18.1. The summed E-state index contributed by atoms with van der Waals surface area (Å²) in [6.07, 6.45) is 1.41. The van der Waals surface area contributed by atoms with Gasteiger partial charge < -0.3 is 9.64 Å². The number of hydrogen-bond donors (Lipinski definition) is 0. The molecule has 0 fully saturated rings. The molecule has 2 rings (SSSR count). The number of carbonyl (C=O) groups excluding carboxylic acids is 1. The van der Waals surface area contributed by atoms with Crippen LogP contribution in [0.2, 0.25) is 5.15 Å². The molecule has 0 radical (unpaired) electrons. The Balaban J connectivity index is 2.42. The molecule has 0 aliphatic heterocycles. The first-order valence-electron chi connectivity index (χ1n) is 7.04. The minimum absolute atomic E-state index is 0.131. The summed E-state index contributed by atoms with van der Waals surface area (Å²) in [7, 11) is 0. The lowest BCUT2D eigenvalue weighted by Crippen LogP contribution is -2.30. The van der Waals surface area contributed by atoms with E-state index in [4.69, 9.17) is 16.3 Å². The second-order valence-corrected chi connectivity index (χ2v) is 5.90. The molecule has 0 atom stereocenters. The zero-order valence-electron chi connectivity index (χ0n) is 12.6. The third kappa shape index (κ3) is 4.20. The molecule has 7 heteroatoms. The lowest BCUT2D eigenvalue weighted by Gasteiger charge is -2.20. The SMILES string of the molecule is CCN(CC)C(=O)c1cc(Br)c(F)cc1Oc1ccc(Cl)nc1. The maximum absolute atomic E-state index is 13.9. The van der Waals surface area contributed by atoms with Crippen molar-refractivity contribution in [2.75, 3.05) is 13.1 Å². The quantitative estimate of drug-likeness (QED) is 0.669. The highest BCUT2D eigenvalue weighted by Crippen LogP contribution is 2.31. The van der Waals surface area contributed by atoms with Crippen molar-refractivity contribution in [1.29, 1.82) is 0 Å². The Morgan fingerprint density at radius 1 is 1.35 bits per heavy atom. The van der Waals surface area contributed by atoms with E-state index in [1.807, 2.05) is 13.8 Å². The van der Waals surface area contributed by atoms with Gasteiger partial charge in [0.05, 0.1) is 16.2 Å². The molecule has 0 aliphatic carbocycles. The summed E-state index contributed by atoms with van der Waals surface area (Å²) in [6, 6.07) is 5.75. The largest absolute Gasteiger partial charge is 0.455 e. The summed E-state index contributed by atoms with van der Waals surface area (Å²) >= 11 is 8.83. The molecule has 4 nitrogen and oxygen atoms in total. The van der Waals surface area contributed by atoms with Gasteiger partial charge in [-0.1, -0.05) is 11.6 Å². The van der Waals surface area contributed by atoms with Crippen molar-refractivity contribution in [2.24, 2.45) is 0 Å². The van der Waals surface area contributed by atoms with Crippen LogP contribution < -0.4 is 4.74 Å². The number of carbonyl (C=O) groups is 1. The fourth-order valence-corrected chi connectivity index (χ4v) is 2.47. The molecule has 1 aromatic heterocycles. The molecule has 1 amide bonds. The molecule has 0 bridgehead atoms. The van der Waals surface area contributed by atoms with Crippen LogP contribution in [0, 0.1) is 5.82 Å². The summed E-state index contributed by atoms with van der Waals surface area (Å²) in [5, 5.41) is 0.318. The van der Waals surface area contributed by atoms with E-state index in [-0.39, 0.29) is 21.7 Å². The van der Waals surface area contributed by atoms with E-state index in [9.17, 15) is 9.18 Å². The van der Waals surface area contributed by atoms with Crippen LogP contribution in [0.1, 0.15) is 24.2 Å². The van der Waals surface area contributed by atoms with Gasteiger partial charge >= 0.3 is 0 Å². The van der Waals surface area contributed by atoms with E-state index in [2.05, 4.69) is 20.9 Å². The van der Waals surface area contributed by atoms with E-state index >= 15 is 0 Å². The van der Waals surface area contributed by atoms with E-state index < -0.39 is 5.82 Å². The number of ether oxygens (including phenoxy) is 1. The number of aromatic nitrogens is 1. The predicted molar refractivity (Wildman–Crippen MR) is 90.7 cm³/mol. The fourth-order valence-electron chi connectivity index (χ4n) is 2.01. The van der Waals surface area contributed by atoms with Gasteiger partial charge in [-0.2, -0.15) is 0 Å². The maximum atomic E-state index is 13.9. The maximum Gasteiger partial charge on any atom is 0.257 e. The molecule has 0 saturated carbocycles. The third-order valence-electron chi connectivity index (χ3n) is 3.23. The molecule has 122 valence electrons. The van der Waals surface area contributed by atoms with Crippen LogP contribution in [0.3, 0.4) is 0 Å². The molecule has 1 heterocycles. The second-order valence-electron chi connectivity index (χ2n) is 4.66. The number of rotatable bonds is 5. The van der Waals surface area contributed by atoms with Crippen molar-refractivity contribution in [3.05, 3.63) is 51.5 Å². The van der Waals surface area contributed by atoms with Gasteiger partial charge in [-0.25, -0.2) is 9.37 Å². The first-order valence-corrected chi connectivity index (χ1v) is 8.21. The van der Waals surface area contributed by atoms with Gasteiger partial charge in [-0.3, -0.25) is 4.79 Å². The summed E-state index contributed by atoms with van der Waals surface area (Å²) in [6.45, 7) is 4.85. The van der Waals surface area contributed by atoms with Crippen LogP contribution in [-0.4, -0.2) is 28.9 Å². The van der Waals surface area contributed by atoms with E-state index in [1.165, 1.54) is 18.3 Å². The molecule has 0 N–H and O–H groups in total.